The van der Waals surface area contributed by atoms with Crippen molar-refractivity contribution in [3.05, 3.63) is 181 Å². The summed E-state index contributed by atoms with van der Waals surface area (Å²) in [6.07, 6.45) is 11.2. The third kappa shape index (κ3) is 13.8. The van der Waals surface area contributed by atoms with Crippen molar-refractivity contribution >= 4 is 156 Å². The van der Waals surface area contributed by atoms with Crippen molar-refractivity contribution in [1.29, 1.82) is 0 Å². The zero-order valence-corrected chi connectivity index (χ0v) is 51.2. The van der Waals surface area contributed by atoms with Crippen LogP contribution in [0.4, 0.5) is 32.3 Å². The second kappa shape index (κ2) is 25.8. The summed E-state index contributed by atoms with van der Waals surface area (Å²) in [5.74, 6) is 0. The summed E-state index contributed by atoms with van der Waals surface area (Å²) in [5, 5.41) is 9.25. The summed E-state index contributed by atoms with van der Waals surface area (Å²) in [5.41, 5.74) is 13.2. The Hall–Kier alpha value is -6.79. The molecule has 0 aliphatic carbocycles. The van der Waals surface area contributed by atoms with Crippen LogP contribution in [-0.2, 0) is 32.0 Å². The highest BCUT2D eigenvalue weighted by Gasteiger charge is 2.52. The number of fused-ring (bicyclic) bond motifs is 4. The zero-order valence-electron chi connectivity index (χ0n) is 45.8. The van der Waals surface area contributed by atoms with Gasteiger partial charge in [-0.05, 0) is 159 Å². The van der Waals surface area contributed by atoms with Crippen molar-refractivity contribution in [3.63, 3.8) is 0 Å². The molecule has 82 heavy (non-hydrogen) atoms. The molecular formula is C62H60BIN8O6S4. The fraction of sp³-hybridized carbons (Fsp3) is 0.258. The number of amides is 2. The average molecular weight is 1280 g/mol. The minimum absolute atomic E-state index is 0.273. The van der Waals surface area contributed by atoms with Crippen LogP contribution in [0.25, 0.3) is 46.4 Å². The van der Waals surface area contributed by atoms with Crippen molar-refractivity contribution in [3.8, 4) is 0 Å². The van der Waals surface area contributed by atoms with Gasteiger partial charge < -0.3 is 39.2 Å². The van der Waals surface area contributed by atoms with Crippen molar-refractivity contribution in [1.82, 2.24) is 29.7 Å². The van der Waals surface area contributed by atoms with Crippen molar-refractivity contribution in [2.45, 2.75) is 77.8 Å². The number of rotatable bonds is 10. The molecule has 0 radical (unpaired) electrons. The summed E-state index contributed by atoms with van der Waals surface area (Å²) in [6, 6.07) is 40.4. The van der Waals surface area contributed by atoms with Gasteiger partial charge in [0.1, 0.15) is 22.9 Å². The maximum absolute atomic E-state index is 12.9. The largest absolute Gasteiger partial charge is 0.492 e. The second-order valence-corrected chi connectivity index (χ2v) is 26.7. The van der Waals surface area contributed by atoms with E-state index in [1.54, 1.807) is 50.2 Å². The van der Waals surface area contributed by atoms with Crippen LogP contribution in [0.2, 0.25) is 0 Å². The van der Waals surface area contributed by atoms with Gasteiger partial charge in [0.25, 0.3) is 0 Å². The lowest BCUT2D eigenvalue weighted by molar-refractivity contribution is 0.00578. The molecular weight excluding hydrogens is 1220 g/mol. The van der Waals surface area contributed by atoms with Gasteiger partial charge in [-0.15, -0.1) is 45.3 Å². The molecule has 3 aliphatic rings. The Balaban J connectivity index is 0.000000135. The first-order valence-corrected chi connectivity index (χ1v) is 31.6. The number of carbonyl (C=O) groups excluding carboxylic acids is 2. The van der Waals surface area contributed by atoms with Gasteiger partial charge in [0, 0.05) is 59.1 Å². The number of carbonyl (C=O) groups is 2. The first-order valence-electron chi connectivity index (χ1n) is 27.1. The summed E-state index contributed by atoms with van der Waals surface area (Å²) in [7, 11) is -0.414. The third-order valence-corrected chi connectivity index (χ3v) is 19.2. The Morgan fingerprint density at radius 1 is 0.622 bits per heavy atom. The zero-order chi connectivity index (χ0) is 56.6. The fourth-order valence-corrected chi connectivity index (χ4v) is 13.6. The van der Waals surface area contributed by atoms with Crippen LogP contribution in [0.3, 0.4) is 0 Å². The molecule has 10 aromatic rings. The Kier molecular flexibility index (Phi) is 17.9. The average Bonchev–Trinajstić information content (AvgIpc) is 4.44. The number of thiazole rings is 2. The fourth-order valence-electron chi connectivity index (χ4n) is 9.53. The number of aromatic nitrogens is 4. The summed E-state index contributed by atoms with van der Waals surface area (Å²) in [6.45, 7) is 11.1. The molecule has 3 aliphatic heterocycles. The van der Waals surface area contributed by atoms with Gasteiger partial charge in [-0.3, -0.25) is 0 Å². The van der Waals surface area contributed by atoms with Crippen LogP contribution in [0, 0.1) is 2.88 Å². The highest BCUT2D eigenvalue weighted by molar-refractivity contribution is 14.1. The first kappa shape index (κ1) is 57.0. The van der Waals surface area contributed by atoms with Crippen molar-refractivity contribution in [2.75, 3.05) is 36.8 Å². The monoisotopic (exact) mass is 1280 g/mol. The molecule has 1 fully saturated rings. The quantitative estimate of drug-likeness (QED) is 0.0990. The van der Waals surface area contributed by atoms with Gasteiger partial charge in [0.2, 0.25) is 0 Å². The Morgan fingerprint density at radius 3 is 1.70 bits per heavy atom. The van der Waals surface area contributed by atoms with E-state index in [-0.39, 0.29) is 36.6 Å². The van der Waals surface area contributed by atoms with E-state index in [1.165, 1.54) is 17.7 Å². The molecule has 0 saturated carbocycles. The van der Waals surface area contributed by atoms with E-state index >= 15 is 0 Å². The Bertz CT molecular complexity index is 3910. The Labute approximate surface area is 506 Å². The second-order valence-electron chi connectivity index (χ2n) is 20.9. The normalized spacial score (nSPS) is 15.8. The molecule has 0 spiro atoms. The van der Waals surface area contributed by atoms with Gasteiger partial charge >= 0.3 is 19.3 Å². The number of benzene rings is 4. The number of halogens is 1. The number of allylic oxidation sites excluding steroid dienone is 2. The number of nitrogens with zero attached hydrogens (tertiary/aromatic N) is 6. The van der Waals surface area contributed by atoms with Crippen molar-refractivity contribution in [2.24, 2.45) is 0 Å². The summed E-state index contributed by atoms with van der Waals surface area (Å²) in [4.78, 5) is 49.9. The molecule has 2 N–H and O–H groups in total. The summed E-state index contributed by atoms with van der Waals surface area (Å²) >= 11 is 9.00. The number of thiophene rings is 2. The van der Waals surface area contributed by atoms with E-state index in [1.807, 2.05) is 129 Å². The topological polar surface area (TPSA) is 153 Å². The van der Waals surface area contributed by atoms with E-state index in [0.29, 0.717) is 26.2 Å². The molecule has 9 heterocycles. The molecule has 2 amide bonds. The third-order valence-electron chi connectivity index (χ3n) is 14.7. The number of ether oxygens (including phenoxy) is 2. The molecule has 0 bridgehead atoms. The van der Waals surface area contributed by atoms with Crippen LogP contribution >= 0.6 is 67.9 Å². The molecule has 20 heteroatoms. The van der Waals surface area contributed by atoms with Gasteiger partial charge in [0.05, 0.1) is 63.5 Å². The Morgan fingerprint density at radius 2 is 1.13 bits per heavy atom. The maximum atomic E-state index is 12.9. The molecule has 4 aromatic carbocycles. The van der Waals surface area contributed by atoms with E-state index in [0.717, 1.165) is 102 Å². The lowest BCUT2D eigenvalue weighted by Gasteiger charge is -2.32. The van der Waals surface area contributed by atoms with Crippen LogP contribution < -0.4 is 10.6 Å². The number of nitrogens with one attached hydrogen (secondary N) is 2. The molecule has 418 valence electrons. The molecule has 13 rings (SSSR count). The highest BCUT2D eigenvalue weighted by Crippen LogP contribution is 2.40. The standard InChI is InChI=1S/C28H24N4O2S2.C20H28BNO4.C14H8IN3S2/c33-28(34-17-19-6-2-1-3-7-19)32-13-5-4-8-20(16-32)26-15-22-23(11-12-29-27(22)36-26)31-21-9-10-25-24(14-21)30-18-35-25;1-19(2)20(3,4)26-21(25-19)17-12-8-9-13-22(14-17)18(23)24-15-16-10-6-5-7-11-16;15-13-6-9-10(3-4-16-14(9)20-13)18-8-1-2-12-11(5-8)17-7-19-12/h1-3,6-12,14-15,18H,4-5,13,16-17H2,(H,29,31);5-7,10-12H,8-9,13-15H2,1-4H3;1-7H,(H,16,18). The minimum atomic E-state index is -0.414. The van der Waals surface area contributed by atoms with E-state index in [9.17, 15) is 9.59 Å². The first-order chi connectivity index (χ1) is 39.8. The van der Waals surface area contributed by atoms with Crippen LogP contribution in [0.15, 0.2) is 162 Å². The van der Waals surface area contributed by atoms with E-state index < -0.39 is 7.12 Å². The maximum Gasteiger partial charge on any atom is 0.492 e. The molecule has 6 aromatic heterocycles. The predicted octanol–water partition coefficient (Wildman–Crippen LogP) is 16.7. The number of anilines is 4. The van der Waals surface area contributed by atoms with Gasteiger partial charge in [-0.2, -0.15) is 0 Å². The molecule has 14 nitrogen and oxygen atoms in total. The molecule has 1 saturated heterocycles. The van der Waals surface area contributed by atoms with Gasteiger partial charge in [-0.1, -0.05) is 72.8 Å². The van der Waals surface area contributed by atoms with Crippen LogP contribution in [-0.4, -0.2) is 86.4 Å². The minimum Gasteiger partial charge on any atom is -0.445 e. The predicted molar refractivity (Wildman–Crippen MR) is 345 cm³/mol. The lowest BCUT2D eigenvalue weighted by Crippen LogP contribution is -2.41. The van der Waals surface area contributed by atoms with Crippen LogP contribution in [0.1, 0.15) is 69.4 Å². The van der Waals surface area contributed by atoms with E-state index in [4.69, 9.17) is 18.8 Å². The highest BCUT2D eigenvalue weighted by atomic mass is 127. The van der Waals surface area contributed by atoms with Gasteiger partial charge in [-0.25, -0.2) is 29.5 Å². The molecule has 0 unspecified atom stereocenters. The lowest BCUT2D eigenvalue weighted by atomic mass is 9.77. The van der Waals surface area contributed by atoms with Gasteiger partial charge in [0.15, 0.2) is 0 Å². The van der Waals surface area contributed by atoms with Crippen molar-refractivity contribution < 1.29 is 28.4 Å². The summed E-state index contributed by atoms with van der Waals surface area (Å²) < 4.78 is 27.0. The van der Waals surface area contributed by atoms with Crippen LogP contribution in [0.5, 0.6) is 0 Å². The SMILES string of the molecule is CC1(C)OB(C2=CCCCN(C(=O)OCc3ccccc3)C2)OC1(C)C.Ic1cc2c(Nc3ccc4scnc4c3)ccnc2s1.O=C(OCc1ccccc1)N1CCCC=C(c2cc3c(Nc4ccc5scnc5c4)ccnc3s2)C1. The smallest absolute Gasteiger partial charge is 0.445 e. The molecule has 0 atom stereocenters. The number of pyridine rings is 2. The number of hydrogen-bond donors (Lipinski definition) is 2. The van der Waals surface area contributed by atoms with E-state index in [2.05, 4.69) is 114 Å². The number of hydrogen-bond acceptors (Lipinski definition) is 16.